The number of aryl methyl sites for hydroxylation is 1. The molecule has 0 aliphatic heterocycles. The van der Waals surface area contributed by atoms with Gasteiger partial charge in [0, 0.05) is 18.7 Å². The average molecular weight is 239 g/mol. The number of rotatable bonds is 4. The first-order valence-electron chi connectivity index (χ1n) is 5.17. The van der Waals surface area contributed by atoms with Crippen LogP contribution in [-0.2, 0) is 6.54 Å². The number of hydrogen-bond acceptors (Lipinski definition) is 3. The Morgan fingerprint density at radius 1 is 1.24 bits per heavy atom. The second kappa shape index (κ2) is 5.01. The van der Waals surface area contributed by atoms with Crippen LogP contribution in [0.2, 0.25) is 0 Å². The summed E-state index contributed by atoms with van der Waals surface area (Å²) < 4.78 is 27.4. The van der Waals surface area contributed by atoms with Crippen LogP contribution < -0.4 is 0 Å². The van der Waals surface area contributed by atoms with Gasteiger partial charge >= 0.3 is 0 Å². The number of aliphatic hydroxyl groups excluding tert-OH is 1. The van der Waals surface area contributed by atoms with Crippen LogP contribution in [0.25, 0.3) is 11.3 Å². The maximum atomic E-state index is 13.1. The predicted octanol–water partition coefficient (Wildman–Crippen LogP) is 1.61. The molecule has 0 radical (unpaired) electrons. The molecule has 0 saturated carbocycles. The van der Waals surface area contributed by atoms with Crippen LogP contribution in [0.4, 0.5) is 8.78 Å². The lowest BCUT2D eigenvalue weighted by molar-refractivity contribution is 0.276. The Morgan fingerprint density at radius 2 is 2.06 bits per heavy atom. The molecule has 2 rings (SSSR count). The zero-order valence-electron chi connectivity index (χ0n) is 8.98. The van der Waals surface area contributed by atoms with Crippen molar-refractivity contribution in [1.82, 2.24) is 15.0 Å². The van der Waals surface area contributed by atoms with Crippen LogP contribution in [0.5, 0.6) is 0 Å². The van der Waals surface area contributed by atoms with Gasteiger partial charge in [0.1, 0.15) is 0 Å². The number of halogens is 2. The highest BCUT2D eigenvalue weighted by atomic mass is 19.2. The zero-order chi connectivity index (χ0) is 12.3. The third-order valence-electron chi connectivity index (χ3n) is 2.36. The molecule has 1 aromatic carbocycles. The lowest BCUT2D eigenvalue weighted by atomic mass is 10.1. The molecule has 0 spiro atoms. The number of nitrogens with zero attached hydrogens (tertiary/aromatic N) is 3. The summed E-state index contributed by atoms with van der Waals surface area (Å²) in [5, 5.41) is 16.3. The highest BCUT2D eigenvalue weighted by Crippen LogP contribution is 2.20. The van der Waals surface area contributed by atoms with Crippen molar-refractivity contribution < 1.29 is 13.9 Å². The molecule has 0 unspecified atom stereocenters. The van der Waals surface area contributed by atoms with E-state index in [4.69, 9.17) is 5.11 Å². The lowest BCUT2D eigenvalue weighted by Gasteiger charge is -2.05. The third-order valence-corrected chi connectivity index (χ3v) is 2.36. The second-order valence-electron chi connectivity index (χ2n) is 3.55. The topological polar surface area (TPSA) is 50.9 Å². The van der Waals surface area contributed by atoms with Crippen molar-refractivity contribution in [2.75, 3.05) is 6.61 Å². The fraction of sp³-hybridized carbons (Fsp3) is 0.273. The van der Waals surface area contributed by atoms with E-state index in [-0.39, 0.29) is 6.61 Å². The average Bonchev–Trinajstić information content (AvgIpc) is 2.78. The fourth-order valence-corrected chi connectivity index (χ4v) is 1.52. The smallest absolute Gasteiger partial charge is 0.159 e. The molecule has 1 aromatic heterocycles. The van der Waals surface area contributed by atoms with Crippen molar-refractivity contribution in [1.29, 1.82) is 0 Å². The Kier molecular flexibility index (Phi) is 3.43. The van der Waals surface area contributed by atoms with Crippen LogP contribution in [0.1, 0.15) is 6.42 Å². The maximum absolute atomic E-state index is 13.1. The van der Waals surface area contributed by atoms with E-state index in [0.717, 1.165) is 12.1 Å². The summed E-state index contributed by atoms with van der Waals surface area (Å²) in [6.45, 7) is 0.516. The van der Waals surface area contributed by atoms with E-state index in [0.29, 0.717) is 24.2 Å². The molecule has 0 amide bonds. The van der Waals surface area contributed by atoms with E-state index in [1.165, 1.54) is 12.3 Å². The molecular weight excluding hydrogens is 228 g/mol. The van der Waals surface area contributed by atoms with E-state index >= 15 is 0 Å². The minimum atomic E-state index is -0.905. The van der Waals surface area contributed by atoms with Gasteiger partial charge in [-0.25, -0.2) is 13.5 Å². The van der Waals surface area contributed by atoms with Crippen molar-refractivity contribution in [2.45, 2.75) is 13.0 Å². The monoisotopic (exact) mass is 239 g/mol. The summed E-state index contributed by atoms with van der Waals surface area (Å²) in [5.41, 5.74) is 1.10. The summed E-state index contributed by atoms with van der Waals surface area (Å²) in [6.07, 6.45) is 2.00. The van der Waals surface area contributed by atoms with E-state index < -0.39 is 11.6 Å². The number of benzene rings is 1. The van der Waals surface area contributed by atoms with Crippen LogP contribution in [0, 0.1) is 11.6 Å². The Bertz CT molecular complexity index is 513. The molecule has 2 aromatic rings. The van der Waals surface area contributed by atoms with Gasteiger partial charge in [-0.05, 0) is 24.6 Å². The highest BCUT2D eigenvalue weighted by Gasteiger charge is 2.09. The van der Waals surface area contributed by atoms with Gasteiger partial charge in [0.25, 0.3) is 0 Å². The number of aromatic nitrogens is 3. The van der Waals surface area contributed by atoms with Gasteiger partial charge in [-0.3, -0.25) is 0 Å². The van der Waals surface area contributed by atoms with Crippen molar-refractivity contribution >= 4 is 0 Å². The summed E-state index contributed by atoms with van der Waals surface area (Å²) in [4.78, 5) is 0. The molecule has 4 nitrogen and oxygen atoms in total. The SMILES string of the molecule is OCCCn1nncc1-c1ccc(F)c(F)c1. The molecule has 90 valence electrons. The van der Waals surface area contributed by atoms with Crippen LogP contribution >= 0.6 is 0 Å². The Balaban J connectivity index is 2.32. The Labute approximate surface area is 96.5 Å². The Hall–Kier alpha value is -1.82. The van der Waals surface area contributed by atoms with Crippen LogP contribution in [0.15, 0.2) is 24.4 Å². The van der Waals surface area contributed by atoms with Crippen LogP contribution in [-0.4, -0.2) is 26.7 Å². The molecule has 0 fully saturated rings. The van der Waals surface area contributed by atoms with Gasteiger partial charge in [-0.1, -0.05) is 5.21 Å². The van der Waals surface area contributed by atoms with Gasteiger partial charge < -0.3 is 5.11 Å². The zero-order valence-corrected chi connectivity index (χ0v) is 8.98. The molecule has 6 heteroatoms. The second-order valence-corrected chi connectivity index (χ2v) is 3.55. The predicted molar refractivity (Wildman–Crippen MR) is 57.1 cm³/mol. The molecular formula is C11H11F2N3O. The first kappa shape index (κ1) is 11.7. The van der Waals surface area contributed by atoms with E-state index in [1.54, 1.807) is 4.68 Å². The standard InChI is InChI=1S/C11H11F2N3O/c12-9-3-2-8(6-10(9)13)11-7-14-15-16(11)4-1-5-17/h2-3,6-7,17H,1,4-5H2. The Morgan fingerprint density at radius 3 is 2.76 bits per heavy atom. The largest absolute Gasteiger partial charge is 0.396 e. The summed E-state index contributed by atoms with van der Waals surface area (Å²) in [5.74, 6) is -1.79. The molecule has 0 atom stereocenters. The van der Waals surface area contributed by atoms with Gasteiger partial charge in [0.2, 0.25) is 0 Å². The first-order chi connectivity index (χ1) is 8.22. The van der Waals surface area contributed by atoms with Gasteiger partial charge in [0.05, 0.1) is 11.9 Å². The molecule has 17 heavy (non-hydrogen) atoms. The van der Waals surface area contributed by atoms with Crippen molar-refractivity contribution in [3.8, 4) is 11.3 Å². The molecule has 0 saturated heterocycles. The molecule has 1 heterocycles. The third kappa shape index (κ3) is 2.47. The normalized spacial score (nSPS) is 10.8. The molecule has 0 aliphatic carbocycles. The van der Waals surface area contributed by atoms with E-state index in [9.17, 15) is 8.78 Å². The first-order valence-corrected chi connectivity index (χ1v) is 5.17. The summed E-state index contributed by atoms with van der Waals surface area (Å²) in [7, 11) is 0. The summed E-state index contributed by atoms with van der Waals surface area (Å²) in [6, 6.07) is 3.63. The number of aliphatic hydroxyl groups is 1. The van der Waals surface area contributed by atoms with Gasteiger partial charge in [0.15, 0.2) is 11.6 Å². The minimum Gasteiger partial charge on any atom is -0.396 e. The molecule has 0 bridgehead atoms. The minimum absolute atomic E-state index is 0.0388. The molecule has 0 aliphatic rings. The van der Waals surface area contributed by atoms with Crippen molar-refractivity contribution in [2.24, 2.45) is 0 Å². The molecule has 1 N–H and O–H groups in total. The lowest BCUT2D eigenvalue weighted by Crippen LogP contribution is -2.04. The number of hydrogen-bond donors (Lipinski definition) is 1. The van der Waals surface area contributed by atoms with Gasteiger partial charge in [-0.15, -0.1) is 5.10 Å². The van der Waals surface area contributed by atoms with E-state index in [2.05, 4.69) is 10.3 Å². The fourth-order valence-electron chi connectivity index (χ4n) is 1.52. The van der Waals surface area contributed by atoms with Crippen molar-refractivity contribution in [3.05, 3.63) is 36.0 Å². The highest BCUT2D eigenvalue weighted by molar-refractivity contribution is 5.58. The van der Waals surface area contributed by atoms with Gasteiger partial charge in [-0.2, -0.15) is 0 Å². The quantitative estimate of drug-likeness (QED) is 0.881. The maximum Gasteiger partial charge on any atom is 0.159 e. The van der Waals surface area contributed by atoms with Crippen LogP contribution in [0.3, 0.4) is 0 Å². The summed E-state index contributed by atoms with van der Waals surface area (Å²) >= 11 is 0. The van der Waals surface area contributed by atoms with E-state index in [1.807, 2.05) is 0 Å². The van der Waals surface area contributed by atoms with Crippen molar-refractivity contribution in [3.63, 3.8) is 0 Å².